The molecule has 4 nitrogen and oxygen atoms in total. The molecule has 32 heavy (non-hydrogen) atoms. The van der Waals surface area contributed by atoms with E-state index in [4.69, 9.17) is 9.47 Å². The average Bonchev–Trinajstić information content (AvgIpc) is 2.81. The molecule has 0 aromatic heterocycles. The number of rotatable bonds is 8. The maximum Gasteiger partial charge on any atom is 0.257 e. The van der Waals surface area contributed by atoms with Crippen molar-refractivity contribution in [1.82, 2.24) is 4.90 Å². The molecule has 3 aliphatic rings. The van der Waals surface area contributed by atoms with E-state index in [1.807, 2.05) is 18.2 Å². The number of hydrogen-bond acceptors (Lipinski definition) is 3. The van der Waals surface area contributed by atoms with Crippen LogP contribution in [0.1, 0.15) is 42.6 Å². The molecule has 1 saturated carbocycles. The average molecular weight is 438 g/mol. The fourth-order valence-corrected chi connectivity index (χ4v) is 5.23. The first kappa shape index (κ1) is 22.4. The van der Waals surface area contributed by atoms with Crippen LogP contribution < -0.4 is 9.47 Å². The number of fused-ring (bicyclic) bond motifs is 1. The molecule has 1 amide bonds. The molecule has 2 bridgehead atoms. The van der Waals surface area contributed by atoms with Gasteiger partial charge in [-0.15, -0.1) is 0 Å². The molecule has 0 heterocycles. The Morgan fingerprint density at radius 1 is 1.12 bits per heavy atom. The van der Waals surface area contributed by atoms with Gasteiger partial charge in [0.1, 0.15) is 5.82 Å². The summed E-state index contributed by atoms with van der Waals surface area (Å²) in [4.78, 5) is 15.2. The van der Waals surface area contributed by atoms with Crippen molar-refractivity contribution in [3.05, 3.63) is 71.1 Å². The standard InChI is InChI=1S/C27H32FNO3/c1-27(2)20-11-10-19(22(27)16-20)17-29(26(30)21-7-5-6-8-23(21)28)14-13-18-9-12-24(31-3)25(15-18)32-4/h5-10,12,15,20,22H,11,13-14,16-17H2,1-4H3. The second kappa shape index (κ2) is 8.97. The minimum absolute atomic E-state index is 0.127. The molecule has 2 atom stereocenters. The zero-order valence-corrected chi connectivity index (χ0v) is 19.4. The Morgan fingerprint density at radius 2 is 1.88 bits per heavy atom. The third-order valence-electron chi connectivity index (χ3n) is 7.47. The predicted molar refractivity (Wildman–Crippen MR) is 124 cm³/mol. The smallest absolute Gasteiger partial charge is 0.257 e. The first-order chi connectivity index (χ1) is 15.3. The lowest BCUT2D eigenvalue weighted by Gasteiger charge is -2.57. The minimum atomic E-state index is -0.477. The van der Waals surface area contributed by atoms with Crippen LogP contribution in [0.25, 0.3) is 0 Å². The Morgan fingerprint density at radius 3 is 2.53 bits per heavy atom. The van der Waals surface area contributed by atoms with Crippen LogP contribution in [0.2, 0.25) is 0 Å². The number of methoxy groups -OCH3 is 2. The van der Waals surface area contributed by atoms with Crippen molar-refractivity contribution in [3.63, 3.8) is 0 Å². The molecule has 5 rings (SSSR count). The van der Waals surface area contributed by atoms with E-state index < -0.39 is 5.82 Å². The lowest BCUT2D eigenvalue weighted by molar-refractivity contribution is -0.0103. The molecule has 0 aliphatic heterocycles. The molecule has 2 aromatic carbocycles. The number of hydrogen-bond donors (Lipinski definition) is 0. The number of nitrogens with zero attached hydrogens (tertiary/aromatic N) is 1. The maximum atomic E-state index is 14.4. The van der Waals surface area contributed by atoms with Crippen molar-refractivity contribution in [1.29, 1.82) is 0 Å². The monoisotopic (exact) mass is 437 g/mol. The summed E-state index contributed by atoms with van der Waals surface area (Å²) >= 11 is 0. The maximum absolute atomic E-state index is 14.4. The van der Waals surface area contributed by atoms with Gasteiger partial charge in [0.15, 0.2) is 11.5 Å². The van der Waals surface area contributed by atoms with Gasteiger partial charge in [-0.2, -0.15) is 0 Å². The van der Waals surface area contributed by atoms with Crippen molar-refractivity contribution in [3.8, 4) is 11.5 Å². The molecule has 0 N–H and O–H groups in total. The van der Waals surface area contributed by atoms with Crippen LogP contribution in [0, 0.1) is 23.1 Å². The lowest BCUT2D eigenvalue weighted by atomic mass is 9.49. The molecule has 0 radical (unpaired) electrons. The van der Waals surface area contributed by atoms with Crippen molar-refractivity contribution in [2.24, 2.45) is 17.3 Å². The van der Waals surface area contributed by atoms with Gasteiger partial charge in [-0.1, -0.05) is 43.7 Å². The van der Waals surface area contributed by atoms with Gasteiger partial charge in [-0.3, -0.25) is 4.79 Å². The fourth-order valence-electron chi connectivity index (χ4n) is 5.23. The number of carbonyl (C=O) groups is 1. The van der Waals surface area contributed by atoms with Gasteiger partial charge >= 0.3 is 0 Å². The van der Waals surface area contributed by atoms with Crippen LogP contribution >= 0.6 is 0 Å². The summed E-state index contributed by atoms with van der Waals surface area (Å²) in [6.45, 7) is 5.69. The highest BCUT2D eigenvalue weighted by molar-refractivity contribution is 5.94. The highest BCUT2D eigenvalue weighted by atomic mass is 19.1. The number of halogens is 1. The van der Waals surface area contributed by atoms with E-state index in [9.17, 15) is 9.18 Å². The number of carbonyl (C=O) groups excluding carboxylic acids is 1. The van der Waals surface area contributed by atoms with Crippen LogP contribution in [0.3, 0.4) is 0 Å². The van der Waals surface area contributed by atoms with Crippen LogP contribution in [0.4, 0.5) is 4.39 Å². The van der Waals surface area contributed by atoms with Crippen LogP contribution in [-0.2, 0) is 6.42 Å². The van der Waals surface area contributed by atoms with E-state index in [0.29, 0.717) is 36.9 Å². The number of ether oxygens (including phenoxy) is 2. The van der Waals surface area contributed by atoms with Gasteiger partial charge in [-0.25, -0.2) is 4.39 Å². The molecule has 170 valence electrons. The second-order valence-corrected chi connectivity index (χ2v) is 9.47. The molecule has 0 saturated heterocycles. The summed E-state index contributed by atoms with van der Waals surface area (Å²) in [6.07, 6.45) is 5.21. The normalized spacial score (nSPS) is 20.7. The molecule has 1 fully saturated rings. The van der Waals surface area contributed by atoms with Crippen LogP contribution in [0.5, 0.6) is 11.5 Å². The summed E-state index contributed by atoms with van der Waals surface area (Å²) in [5.41, 5.74) is 2.76. The summed E-state index contributed by atoms with van der Waals surface area (Å²) in [6, 6.07) is 12.0. The second-order valence-electron chi connectivity index (χ2n) is 9.47. The van der Waals surface area contributed by atoms with E-state index in [1.54, 1.807) is 37.3 Å². The SMILES string of the molecule is COc1ccc(CCN(CC2=CCC3CC2C3(C)C)C(=O)c2ccccc2F)cc1OC. The fraction of sp³-hybridized carbons (Fsp3) is 0.444. The van der Waals surface area contributed by atoms with Gasteiger partial charge in [-0.05, 0) is 66.3 Å². The molecule has 5 heteroatoms. The summed E-state index contributed by atoms with van der Waals surface area (Å²) < 4.78 is 25.2. The summed E-state index contributed by atoms with van der Waals surface area (Å²) in [5, 5.41) is 0. The Bertz CT molecular complexity index is 1030. The van der Waals surface area contributed by atoms with E-state index in [-0.39, 0.29) is 16.9 Å². The van der Waals surface area contributed by atoms with E-state index in [0.717, 1.165) is 17.9 Å². The van der Waals surface area contributed by atoms with Gasteiger partial charge in [0.2, 0.25) is 0 Å². The highest BCUT2D eigenvalue weighted by Gasteiger charge is 2.51. The molecular weight excluding hydrogens is 405 g/mol. The Balaban J connectivity index is 1.56. The highest BCUT2D eigenvalue weighted by Crippen LogP contribution is 2.59. The minimum Gasteiger partial charge on any atom is -0.493 e. The number of amides is 1. The third-order valence-corrected chi connectivity index (χ3v) is 7.47. The summed E-state index contributed by atoms with van der Waals surface area (Å²) in [5.74, 6) is 1.83. The van der Waals surface area contributed by atoms with Crippen molar-refractivity contribution in [2.45, 2.75) is 33.1 Å². The first-order valence-corrected chi connectivity index (χ1v) is 11.3. The van der Waals surface area contributed by atoms with Gasteiger partial charge in [0.25, 0.3) is 5.91 Å². The van der Waals surface area contributed by atoms with Crippen molar-refractivity contribution >= 4 is 5.91 Å². The third kappa shape index (κ3) is 4.13. The molecule has 0 spiro atoms. The molecule has 3 aliphatic carbocycles. The molecular formula is C27H32FNO3. The first-order valence-electron chi connectivity index (χ1n) is 11.3. The molecule has 2 aromatic rings. The van der Waals surface area contributed by atoms with Crippen LogP contribution in [-0.4, -0.2) is 38.1 Å². The van der Waals surface area contributed by atoms with E-state index >= 15 is 0 Å². The largest absolute Gasteiger partial charge is 0.493 e. The van der Waals surface area contributed by atoms with Crippen LogP contribution in [0.15, 0.2) is 54.1 Å². The van der Waals surface area contributed by atoms with E-state index in [1.165, 1.54) is 18.1 Å². The van der Waals surface area contributed by atoms with Crippen molar-refractivity contribution in [2.75, 3.05) is 27.3 Å². The number of benzene rings is 2. The zero-order chi connectivity index (χ0) is 22.9. The lowest BCUT2D eigenvalue weighted by Crippen LogP contribution is -2.50. The van der Waals surface area contributed by atoms with Gasteiger partial charge < -0.3 is 14.4 Å². The Labute approximate surface area is 190 Å². The van der Waals surface area contributed by atoms with Crippen molar-refractivity contribution < 1.29 is 18.7 Å². The van der Waals surface area contributed by atoms with Gasteiger partial charge in [0.05, 0.1) is 19.8 Å². The predicted octanol–water partition coefficient (Wildman–Crippen LogP) is 5.52. The Hall–Kier alpha value is -2.82. The Kier molecular flexibility index (Phi) is 6.27. The topological polar surface area (TPSA) is 38.8 Å². The summed E-state index contributed by atoms with van der Waals surface area (Å²) in [7, 11) is 3.22. The molecule has 2 unspecified atom stereocenters. The zero-order valence-electron chi connectivity index (χ0n) is 19.4. The van der Waals surface area contributed by atoms with E-state index in [2.05, 4.69) is 19.9 Å². The quantitative estimate of drug-likeness (QED) is 0.511. The van der Waals surface area contributed by atoms with Gasteiger partial charge in [0, 0.05) is 13.1 Å². The number of allylic oxidation sites excluding steroid dienone is 1.